The predicted molar refractivity (Wildman–Crippen MR) is 71.1 cm³/mol. The van der Waals surface area contributed by atoms with Crippen LogP contribution in [0.2, 0.25) is 5.28 Å². The summed E-state index contributed by atoms with van der Waals surface area (Å²) in [7, 11) is 0. The number of likely N-dealkylation sites (N-methyl/N-ethyl adjacent to an activating group) is 1. The second kappa shape index (κ2) is 5.97. The van der Waals surface area contributed by atoms with Gasteiger partial charge in [0.1, 0.15) is 5.82 Å². The number of anilines is 1. The molecule has 98 valence electrons. The van der Waals surface area contributed by atoms with Crippen molar-refractivity contribution in [1.82, 2.24) is 20.2 Å². The lowest BCUT2D eigenvalue weighted by Crippen LogP contribution is -2.28. The summed E-state index contributed by atoms with van der Waals surface area (Å²) in [6.07, 6.45) is 1.71. The maximum atomic E-state index is 5.92. The van der Waals surface area contributed by atoms with Crippen LogP contribution in [0.5, 0.6) is 0 Å². The van der Waals surface area contributed by atoms with Crippen LogP contribution in [-0.4, -0.2) is 46.5 Å². The van der Waals surface area contributed by atoms with E-state index in [1.54, 1.807) is 6.20 Å². The van der Waals surface area contributed by atoms with Gasteiger partial charge in [-0.05, 0) is 25.4 Å². The second-order valence-corrected chi connectivity index (χ2v) is 4.06. The first kappa shape index (κ1) is 13.0. The summed E-state index contributed by atoms with van der Waals surface area (Å²) < 4.78 is 5.37. The second-order valence-electron chi connectivity index (χ2n) is 3.73. The van der Waals surface area contributed by atoms with E-state index in [0.717, 1.165) is 24.3 Å². The molecule has 0 fully saturated rings. The zero-order valence-corrected chi connectivity index (χ0v) is 11.2. The van der Waals surface area contributed by atoms with Gasteiger partial charge in [-0.25, -0.2) is 0 Å². The number of nitrogens with zero attached hydrogens (tertiary/aromatic N) is 4. The summed E-state index contributed by atoms with van der Waals surface area (Å²) in [6, 6.07) is 0. The standard InChI is InChI=1S/C11H16ClN5O/c1-3-17(5-6-18-4-2)10-8-7-13-16-9(8)14-11(12)15-10/h7H,3-6H2,1-2H3,(H,13,14,15,16). The molecule has 2 heterocycles. The molecule has 0 saturated carbocycles. The topological polar surface area (TPSA) is 66.9 Å². The Hall–Kier alpha value is -1.40. The van der Waals surface area contributed by atoms with Gasteiger partial charge in [0, 0.05) is 19.7 Å². The summed E-state index contributed by atoms with van der Waals surface area (Å²) in [5, 5.41) is 7.87. The largest absolute Gasteiger partial charge is 0.380 e. The Morgan fingerprint density at radius 1 is 1.39 bits per heavy atom. The first-order chi connectivity index (χ1) is 8.76. The molecule has 0 atom stereocenters. The Kier molecular flexibility index (Phi) is 4.33. The van der Waals surface area contributed by atoms with E-state index in [9.17, 15) is 0 Å². The molecule has 0 radical (unpaired) electrons. The molecule has 0 spiro atoms. The summed E-state index contributed by atoms with van der Waals surface area (Å²) in [4.78, 5) is 10.5. The number of hydrogen-bond donors (Lipinski definition) is 1. The van der Waals surface area contributed by atoms with Crippen LogP contribution in [0.1, 0.15) is 13.8 Å². The third kappa shape index (κ3) is 2.70. The van der Waals surface area contributed by atoms with Crippen LogP contribution in [-0.2, 0) is 4.74 Å². The van der Waals surface area contributed by atoms with Crippen LogP contribution in [0, 0.1) is 0 Å². The van der Waals surface area contributed by atoms with Crippen molar-refractivity contribution in [3.8, 4) is 0 Å². The quantitative estimate of drug-likeness (QED) is 0.641. The van der Waals surface area contributed by atoms with E-state index in [1.807, 2.05) is 6.92 Å². The zero-order valence-electron chi connectivity index (χ0n) is 10.5. The van der Waals surface area contributed by atoms with Gasteiger partial charge >= 0.3 is 0 Å². The molecule has 0 bridgehead atoms. The number of aromatic amines is 1. The molecular weight excluding hydrogens is 254 g/mol. The maximum Gasteiger partial charge on any atom is 0.226 e. The van der Waals surface area contributed by atoms with Crippen molar-refractivity contribution < 1.29 is 4.74 Å². The lowest BCUT2D eigenvalue weighted by molar-refractivity contribution is 0.154. The molecule has 0 unspecified atom stereocenters. The van der Waals surface area contributed by atoms with E-state index < -0.39 is 0 Å². The number of aromatic nitrogens is 4. The Labute approximate surface area is 110 Å². The number of nitrogens with one attached hydrogen (secondary N) is 1. The lowest BCUT2D eigenvalue weighted by Gasteiger charge is -2.22. The number of fused-ring (bicyclic) bond motifs is 1. The van der Waals surface area contributed by atoms with Crippen LogP contribution in [0.3, 0.4) is 0 Å². The van der Waals surface area contributed by atoms with Crippen LogP contribution >= 0.6 is 11.6 Å². The van der Waals surface area contributed by atoms with Crippen molar-refractivity contribution in [3.63, 3.8) is 0 Å². The van der Waals surface area contributed by atoms with E-state index in [2.05, 4.69) is 32.0 Å². The third-order valence-electron chi connectivity index (χ3n) is 2.65. The van der Waals surface area contributed by atoms with Gasteiger partial charge in [0.2, 0.25) is 5.28 Å². The number of hydrogen-bond acceptors (Lipinski definition) is 5. The molecule has 2 rings (SSSR count). The van der Waals surface area contributed by atoms with E-state index >= 15 is 0 Å². The Morgan fingerprint density at radius 2 is 2.22 bits per heavy atom. The molecule has 0 saturated heterocycles. The van der Waals surface area contributed by atoms with Crippen LogP contribution < -0.4 is 4.90 Å². The number of halogens is 1. The molecular formula is C11H16ClN5O. The smallest absolute Gasteiger partial charge is 0.226 e. The maximum absolute atomic E-state index is 5.92. The van der Waals surface area contributed by atoms with Gasteiger partial charge in [-0.2, -0.15) is 15.1 Å². The van der Waals surface area contributed by atoms with Crippen LogP contribution in [0.4, 0.5) is 5.82 Å². The summed E-state index contributed by atoms with van der Waals surface area (Å²) in [5.41, 5.74) is 0.653. The van der Waals surface area contributed by atoms with Crippen molar-refractivity contribution in [2.45, 2.75) is 13.8 Å². The molecule has 0 aromatic carbocycles. The lowest BCUT2D eigenvalue weighted by atomic mass is 10.3. The van der Waals surface area contributed by atoms with Crippen molar-refractivity contribution >= 4 is 28.5 Å². The molecule has 1 N–H and O–H groups in total. The van der Waals surface area contributed by atoms with Crippen LogP contribution in [0.15, 0.2) is 6.20 Å². The molecule has 0 aliphatic carbocycles. The van der Waals surface area contributed by atoms with Crippen molar-refractivity contribution in [2.75, 3.05) is 31.2 Å². The molecule has 0 aliphatic rings. The first-order valence-corrected chi connectivity index (χ1v) is 6.33. The van der Waals surface area contributed by atoms with Gasteiger partial charge in [-0.15, -0.1) is 0 Å². The summed E-state index contributed by atoms with van der Waals surface area (Å²) >= 11 is 5.92. The number of ether oxygens (including phenoxy) is 1. The van der Waals surface area contributed by atoms with Crippen molar-refractivity contribution in [2.24, 2.45) is 0 Å². The van der Waals surface area contributed by atoms with Gasteiger partial charge in [0.15, 0.2) is 5.65 Å². The number of rotatable bonds is 6. The molecule has 0 aliphatic heterocycles. The Balaban J connectivity index is 2.28. The SMILES string of the molecule is CCOCCN(CC)c1nc(Cl)nc2[nH]ncc12. The third-order valence-corrected chi connectivity index (χ3v) is 2.82. The molecule has 7 heteroatoms. The minimum atomic E-state index is 0.219. The normalized spacial score (nSPS) is 11.1. The average molecular weight is 270 g/mol. The fraction of sp³-hybridized carbons (Fsp3) is 0.545. The fourth-order valence-corrected chi connectivity index (χ4v) is 1.93. The number of H-pyrrole nitrogens is 1. The van der Waals surface area contributed by atoms with Crippen molar-refractivity contribution in [3.05, 3.63) is 11.5 Å². The average Bonchev–Trinajstić information content (AvgIpc) is 2.82. The van der Waals surface area contributed by atoms with E-state index in [0.29, 0.717) is 18.9 Å². The fourth-order valence-electron chi connectivity index (χ4n) is 1.77. The highest BCUT2D eigenvalue weighted by atomic mass is 35.5. The van der Waals surface area contributed by atoms with Crippen LogP contribution in [0.25, 0.3) is 11.0 Å². The van der Waals surface area contributed by atoms with Gasteiger partial charge in [0.05, 0.1) is 18.2 Å². The van der Waals surface area contributed by atoms with E-state index in [-0.39, 0.29) is 5.28 Å². The minimum Gasteiger partial charge on any atom is -0.380 e. The van der Waals surface area contributed by atoms with Crippen molar-refractivity contribution in [1.29, 1.82) is 0 Å². The zero-order chi connectivity index (χ0) is 13.0. The van der Waals surface area contributed by atoms with Gasteiger partial charge in [-0.1, -0.05) is 0 Å². The van der Waals surface area contributed by atoms with Gasteiger partial charge in [0.25, 0.3) is 0 Å². The highest BCUT2D eigenvalue weighted by molar-refractivity contribution is 6.28. The molecule has 0 amide bonds. The highest BCUT2D eigenvalue weighted by Crippen LogP contribution is 2.23. The van der Waals surface area contributed by atoms with E-state index in [4.69, 9.17) is 16.3 Å². The summed E-state index contributed by atoms with van der Waals surface area (Å²) in [6.45, 7) is 6.99. The predicted octanol–water partition coefficient (Wildman–Crippen LogP) is 1.87. The van der Waals surface area contributed by atoms with Gasteiger partial charge in [-0.3, -0.25) is 5.10 Å². The Morgan fingerprint density at radius 3 is 2.94 bits per heavy atom. The van der Waals surface area contributed by atoms with Gasteiger partial charge < -0.3 is 9.64 Å². The first-order valence-electron chi connectivity index (χ1n) is 5.95. The molecule has 2 aromatic heterocycles. The molecule has 6 nitrogen and oxygen atoms in total. The summed E-state index contributed by atoms with van der Waals surface area (Å²) in [5.74, 6) is 0.793. The Bertz CT molecular complexity index is 515. The molecule has 2 aromatic rings. The monoisotopic (exact) mass is 269 g/mol. The minimum absolute atomic E-state index is 0.219. The molecule has 18 heavy (non-hydrogen) atoms. The van der Waals surface area contributed by atoms with E-state index in [1.165, 1.54) is 0 Å². The highest BCUT2D eigenvalue weighted by Gasteiger charge is 2.14.